The van der Waals surface area contributed by atoms with Crippen LogP contribution in [0, 0.1) is 5.92 Å². The van der Waals surface area contributed by atoms with Crippen LogP contribution in [0.15, 0.2) is 0 Å². The minimum atomic E-state index is -0.937. The Hall–Kier alpha value is -1.06. The standard InChI is InChI=1S/C14H25NO3/c1-11(2)15(10-14(17)18)13(16)9-5-8-12-6-3-4-7-12/h11-12H,3-10H2,1-2H3,(H,17,18). The van der Waals surface area contributed by atoms with Crippen LogP contribution in [0.2, 0.25) is 0 Å². The molecule has 1 rings (SSSR count). The first-order valence-electron chi connectivity index (χ1n) is 7.02. The van der Waals surface area contributed by atoms with Gasteiger partial charge in [0.15, 0.2) is 0 Å². The van der Waals surface area contributed by atoms with Crippen LogP contribution >= 0.6 is 0 Å². The molecule has 0 heterocycles. The molecule has 0 aromatic heterocycles. The molecule has 0 spiro atoms. The number of carboxylic acids is 1. The molecule has 0 saturated heterocycles. The molecule has 0 unspecified atom stereocenters. The lowest BCUT2D eigenvalue weighted by Crippen LogP contribution is -2.40. The number of hydrogen-bond acceptors (Lipinski definition) is 2. The molecule has 1 fully saturated rings. The van der Waals surface area contributed by atoms with Gasteiger partial charge in [-0.1, -0.05) is 25.7 Å². The van der Waals surface area contributed by atoms with Crippen molar-refractivity contribution in [3.8, 4) is 0 Å². The van der Waals surface area contributed by atoms with Gasteiger partial charge in [-0.05, 0) is 32.6 Å². The predicted molar refractivity (Wildman–Crippen MR) is 70.3 cm³/mol. The van der Waals surface area contributed by atoms with Gasteiger partial charge < -0.3 is 10.0 Å². The molecule has 1 N–H and O–H groups in total. The second-order valence-electron chi connectivity index (χ2n) is 5.55. The second-order valence-corrected chi connectivity index (χ2v) is 5.55. The molecule has 1 saturated carbocycles. The summed E-state index contributed by atoms with van der Waals surface area (Å²) in [7, 11) is 0. The fourth-order valence-corrected chi connectivity index (χ4v) is 2.69. The molecule has 104 valence electrons. The summed E-state index contributed by atoms with van der Waals surface area (Å²) < 4.78 is 0. The van der Waals surface area contributed by atoms with Crippen molar-refractivity contribution in [2.24, 2.45) is 5.92 Å². The van der Waals surface area contributed by atoms with Gasteiger partial charge in [-0.2, -0.15) is 0 Å². The Morgan fingerprint density at radius 3 is 2.39 bits per heavy atom. The smallest absolute Gasteiger partial charge is 0.323 e. The molecule has 0 aromatic rings. The molecular weight excluding hydrogens is 230 g/mol. The van der Waals surface area contributed by atoms with Crippen molar-refractivity contribution in [2.75, 3.05) is 6.54 Å². The van der Waals surface area contributed by atoms with Crippen LogP contribution in [0.3, 0.4) is 0 Å². The average molecular weight is 255 g/mol. The van der Waals surface area contributed by atoms with E-state index in [4.69, 9.17) is 5.11 Å². The van der Waals surface area contributed by atoms with Crippen molar-refractivity contribution in [1.82, 2.24) is 4.90 Å². The van der Waals surface area contributed by atoms with Crippen molar-refractivity contribution in [3.63, 3.8) is 0 Å². The van der Waals surface area contributed by atoms with E-state index in [2.05, 4.69) is 0 Å². The number of carbonyl (C=O) groups is 2. The number of hydrogen-bond donors (Lipinski definition) is 1. The lowest BCUT2D eigenvalue weighted by atomic mass is 10.0. The van der Waals surface area contributed by atoms with E-state index in [1.54, 1.807) is 0 Å². The molecule has 4 heteroatoms. The van der Waals surface area contributed by atoms with Crippen LogP contribution in [0.25, 0.3) is 0 Å². The molecule has 0 aromatic carbocycles. The van der Waals surface area contributed by atoms with Gasteiger partial charge in [-0.25, -0.2) is 0 Å². The summed E-state index contributed by atoms with van der Waals surface area (Å²) in [5, 5.41) is 8.79. The van der Waals surface area contributed by atoms with Gasteiger partial charge in [0.25, 0.3) is 0 Å². The highest BCUT2D eigenvalue weighted by molar-refractivity contribution is 5.81. The Morgan fingerprint density at radius 1 is 1.28 bits per heavy atom. The first-order chi connectivity index (χ1) is 8.50. The van der Waals surface area contributed by atoms with E-state index in [9.17, 15) is 9.59 Å². The van der Waals surface area contributed by atoms with Crippen LogP contribution < -0.4 is 0 Å². The van der Waals surface area contributed by atoms with E-state index in [0.29, 0.717) is 6.42 Å². The Balaban J connectivity index is 2.29. The third-order valence-electron chi connectivity index (χ3n) is 3.73. The van der Waals surface area contributed by atoms with Crippen LogP contribution in [-0.2, 0) is 9.59 Å². The van der Waals surface area contributed by atoms with E-state index in [1.807, 2.05) is 13.8 Å². The highest BCUT2D eigenvalue weighted by atomic mass is 16.4. The first-order valence-corrected chi connectivity index (χ1v) is 7.02. The number of nitrogens with zero attached hydrogens (tertiary/aromatic N) is 1. The molecule has 1 amide bonds. The van der Waals surface area contributed by atoms with Crippen LogP contribution in [0.1, 0.15) is 58.8 Å². The fraction of sp³-hybridized carbons (Fsp3) is 0.857. The summed E-state index contributed by atoms with van der Waals surface area (Å²) in [5.74, 6) is -0.164. The SMILES string of the molecule is CC(C)N(CC(=O)O)C(=O)CCCC1CCCC1. The number of aliphatic carboxylic acids is 1. The zero-order chi connectivity index (χ0) is 13.5. The third-order valence-corrected chi connectivity index (χ3v) is 3.73. The van der Waals surface area contributed by atoms with Gasteiger partial charge in [0, 0.05) is 12.5 Å². The zero-order valence-electron chi connectivity index (χ0n) is 11.5. The van der Waals surface area contributed by atoms with Gasteiger partial charge in [-0.3, -0.25) is 9.59 Å². The van der Waals surface area contributed by atoms with Gasteiger partial charge >= 0.3 is 5.97 Å². The van der Waals surface area contributed by atoms with Crippen molar-refractivity contribution in [2.45, 2.75) is 64.8 Å². The van der Waals surface area contributed by atoms with Crippen molar-refractivity contribution in [1.29, 1.82) is 0 Å². The molecule has 4 nitrogen and oxygen atoms in total. The third kappa shape index (κ3) is 5.07. The van der Waals surface area contributed by atoms with Crippen molar-refractivity contribution >= 4 is 11.9 Å². The molecule has 0 aliphatic heterocycles. The maximum absolute atomic E-state index is 12.0. The lowest BCUT2D eigenvalue weighted by molar-refractivity contribution is -0.145. The molecular formula is C14H25NO3. The van der Waals surface area contributed by atoms with Crippen molar-refractivity contribution in [3.05, 3.63) is 0 Å². The number of rotatable bonds is 7. The minimum Gasteiger partial charge on any atom is -0.480 e. The molecule has 0 radical (unpaired) electrons. The topological polar surface area (TPSA) is 57.6 Å². The number of amides is 1. The van der Waals surface area contributed by atoms with Crippen LogP contribution in [0.5, 0.6) is 0 Å². The summed E-state index contributed by atoms with van der Waals surface area (Å²) in [6, 6.07) is -0.0416. The second kappa shape index (κ2) is 7.39. The van der Waals surface area contributed by atoms with Gasteiger partial charge in [0.1, 0.15) is 6.54 Å². The largest absolute Gasteiger partial charge is 0.480 e. The Bertz CT molecular complexity index is 283. The van der Waals surface area contributed by atoms with Gasteiger partial charge in [-0.15, -0.1) is 0 Å². The highest BCUT2D eigenvalue weighted by Crippen LogP contribution is 2.29. The zero-order valence-corrected chi connectivity index (χ0v) is 11.5. The van der Waals surface area contributed by atoms with E-state index in [-0.39, 0.29) is 18.5 Å². The lowest BCUT2D eigenvalue weighted by Gasteiger charge is -2.25. The predicted octanol–water partition coefficient (Wildman–Crippen LogP) is 2.67. The molecule has 0 bridgehead atoms. The molecule has 1 aliphatic rings. The Kier molecular flexibility index (Phi) is 6.16. The quantitative estimate of drug-likeness (QED) is 0.761. The Labute approximate surface area is 109 Å². The summed E-state index contributed by atoms with van der Waals surface area (Å²) in [6.07, 6.45) is 7.76. The summed E-state index contributed by atoms with van der Waals surface area (Å²) in [5.41, 5.74) is 0. The summed E-state index contributed by atoms with van der Waals surface area (Å²) in [4.78, 5) is 24.1. The van der Waals surface area contributed by atoms with Gasteiger partial charge in [0.05, 0.1) is 0 Å². The Morgan fingerprint density at radius 2 is 1.89 bits per heavy atom. The molecule has 0 atom stereocenters. The van der Waals surface area contributed by atoms with Crippen LogP contribution in [-0.4, -0.2) is 34.5 Å². The maximum Gasteiger partial charge on any atom is 0.323 e. The fourth-order valence-electron chi connectivity index (χ4n) is 2.69. The highest BCUT2D eigenvalue weighted by Gasteiger charge is 2.20. The van der Waals surface area contributed by atoms with Crippen molar-refractivity contribution < 1.29 is 14.7 Å². The number of carbonyl (C=O) groups excluding carboxylic acids is 1. The molecule has 18 heavy (non-hydrogen) atoms. The normalized spacial score (nSPS) is 16.2. The molecule has 1 aliphatic carbocycles. The average Bonchev–Trinajstić information content (AvgIpc) is 2.78. The number of carboxylic acid groups (broad SMARTS) is 1. The monoisotopic (exact) mass is 255 g/mol. The van der Waals surface area contributed by atoms with E-state index >= 15 is 0 Å². The first kappa shape index (κ1) is 15.0. The van der Waals surface area contributed by atoms with E-state index in [0.717, 1.165) is 18.8 Å². The van der Waals surface area contributed by atoms with E-state index in [1.165, 1.54) is 30.6 Å². The minimum absolute atomic E-state index is 0.0228. The summed E-state index contributed by atoms with van der Waals surface area (Å²) in [6.45, 7) is 3.54. The summed E-state index contributed by atoms with van der Waals surface area (Å²) >= 11 is 0. The van der Waals surface area contributed by atoms with Gasteiger partial charge in [0.2, 0.25) is 5.91 Å². The van der Waals surface area contributed by atoms with Crippen LogP contribution in [0.4, 0.5) is 0 Å². The van der Waals surface area contributed by atoms with E-state index < -0.39 is 5.97 Å². The maximum atomic E-state index is 12.0.